The molecule has 2 aliphatic rings. The maximum Gasteiger partial charge on any atom is 0.293 e. The second-order valence-corrected chi connectivity index (χ2v) is 25.6. The summed E-state index contributed by atoms with van der Waals surface area (Å²) in [5.41, 5.74) is 3.10. The topological polar surface area (TPSA) is 144 Å². The maximum absolute atomic E-state index is 13.0. The molecule has 6 rings (SSSR count). The van der Waals surface area contributed by atoms with E-state index in [1.165, 1.54) is 12.4 Å². The molecule has 1 aliphatic carbocycles. The van der Waals surface area contributed by atoms with Gasteiger partial charge in [0.05, 0.1) is 24.0 Å². The number of carbonyl (C=O) groups excluding carboxylic acids is 1. The van der Waals surface area contributed by atoms with E-state index in [-0.39, 0.29) is 39.4 Å². The summed E-state index contributed by atoms with van der Waals surface area (Å²) in [7, 11) is -4.21. The number of benzene rings is 2. The number of nitro groups is 1. The molecule has 260 valence electrons. The Morgan fingerprint density at radius 2 is 1.63 bits per heavy atom. The monoisotopic (exact) mass is 702 g/mol. The van der Waals surface area contributed by atoms with E-state index < -0.39 is 27.8 Å². The molecule has 0 saturated carbocycles. The Bertz CT molecular complexity index is 1950. The summed E-state index contributed by atoms with van der Waals surface area (Å²) >= 11 is 0. The van der Waals surface area contributed by atoms with Gasteiger partial charge in [-0.3, -0.25) is 19.5 Å². The van der Waals surface area contributed by atoms with Crippen molar-refractivity contribution in [3.8, 4) is 11.1 Å². The highest BCUT2D eigenvalue weighted by atomic mass is 28.4. The lowest BCUT2D eigenvalue weighted by molar-refractivity contribution is -0.383. The van der Waals surface area contributed by atoms with Gasteiger partial charge in [-0.15, -0.1) is 0 Å². The van der Waals surface area contributed by atoms with Gasteiger partial charge in [0.25, 0.3) is 5.69 Å². The fraction of sp³-hybridized carbons (Fsp3) is 0.486. The smallest absolute Gasteiger partial charge is 0.293 e. The predicted octanol–water partition coefficient (Wildman–Crippen LogP) is 8.39. The van der Waals surface area contributed by atoms with Crippen molar-refractivity contribution in [1.82, 2.24) is 19.5 Å². The Labute approximate surface area is 289 Å². The number of ketones is 1. The summed E-state index contributed by atoms with van der Waals surface area (Å²) in [6.07, 6.45) is 2.75. The lowest BCUT2D eigenvalue weighted by Crippen LogP contribution is -2.48. The van der Waals surface area contributed by atoms with E-state index in [1.54, 1.807) is 24.5 Å². The lowest BCUT2D eigenvalue weighted by atomic mass is 10.0. The summed E-state index contributed by atoms with van der Waals surface area (Å²) in [5, 5.41) is 15.4. The first kappa shape index (κ1) is 35.0. The Balaban J connectivity index is 1.32. The minimum Gasteiger partial charge on any atom is -0.414 e. The molecule has 0 radical (unpaired) electrons. The van der Waals surface area contributed by atoms with Gasteiger partial charge in [-0.25, -0.2) is 15.0 Å². The lowest BCUT2D eigenvalue weighted by Gasteiger charge is -2.40. The molecule has 2 aromatic carbocycles. The number of hydrogen-bond acceptors (Lipinski definition) is 10. The van der Waals surface area contributed by atoms with Crippen LogP contribution >= 0.6 is 0 Å². The number of carbonyl (C=O) groups is 1. The highest BCUT2D eigenvalue weighted by molar-refractivity contribution is 6.74. The molecule has 0 amide bonds. The van der Waals surface area contributed by atoms with Crippen LogP contribution in [0.4, 0.5) is 17.2 Å². The second kappa shape index (κ2) is 12.2. The van der Waals surface area contributed by atoms with E-state index in [0.29, 0.717) is 46.7 Å². The number of imidazole rings is 1. The van der Waals surface area contributed by atoms with Crippen LogP contribution in [0.15, 0.2) is 49.1 Å². The van der Waals surface area contributed by atoms with E-state index in [2.05, 4.69) is 88.0 Å². The zero-order chi connectivity index (χ0) is 35.7. The number of aromatic nitrogens is 4. The van der Waals surface area contributed by atoms with Crippen molar-refractivity contribution in [2.75, 3.05) is 11.9 Å². The first-order valence-electron chi connectivity index (χ1n) is 16.7. The average molecular weight is 703 g/mol. The fourth-order valence-corrected chi connectivity index (χ4v) is 8.17. The Morgan fingerprint density at radius 1 is 0.959 bits per heavy atom. The van der Waals surface area contributed by atoms with Gasteiger partial charge in [-0.2, -0.15) is 0 Å². The summed E-state index contributed by atoms with van der Waals surface area (Å²) < 4.78 is 22.2. The van der Waals surface area contributed by atoms with Crippen LogP contribution in [0.5, 0.6) is 0 Å². The molecule has 14 heteroatoms. The van der Waals surface area contributed by atoms with Gasteiger partial charge in [-0.05, 0) is 53.5 Å². The minimum atomic E-state index is -2.15. The Hall–Kier alpha value is -3.83. The first-order valence-corrected chi connectivity index (χ1v) is 22.5. The summed E-state index contributed by atoms with van der Waals surface area (Å²) in [4.78, 5) is 38.4. The molecular formula is C35H46N6O6Si2. The molecule has 3 atom stereocenters. The number of nitrogens with one attached hydrogen (secondary N) is 1. The SMILES string of the molecule is CC(C)(C)[Si](C)(C)OC[C@H]1O[C@@H](n2cnc3c(Nc4cc5c(cc4[N+](=O)[O-])C(=O)c4ccccc4-5)ncnc32)C[C@@H]1O[Si](C)(C)C(C)(C)C. The number of anilines is 2. The number of ether oxygens (including phenoxy) is 1. The van der Waals surface area contributed by atoms with Crippen LogP contribution in [-0.2, 0) is 13.6 Å². The van der Waals surface area contributed by atoms with Crippen LogP contribution < -0.4 is 5.32 Å². The molecule has 3 heterocycles. The molecule has 0 bridgehead atoms. The van der Waals surface area contributed by atoms with Crippen molar-refractivity contribution in [2.24, 2.45) is 0 Å². The van der Waals surface area contributed by atoms with E-state index in [9.17, 15) is 14.9 Å². The van der Waals surface area contributed by atoms with Gasteiger partial charge >= 0.3 is 0 Å². The van der Waals surface area contributed by atoms with Crippen molar-refractivity contribution in [2.45, 2.75) is 103 Å². The number of rotatable bonds is 9. The maximum atomic E-state index is 13.0. The summed E-state index contributed by atoms with van der Waals surface area (Å²) in [6.45, 7) is 22.7. The quantitative estimate of drug-likeness (QED) is 0.0903. The third kappa shape index (κ3) is 6.36. The van der Waals surface area contributed by atoms with E-state index in [1.807, 2.05) is 16.7 Å². The molecule has 1 aliphatic heterocycles. The molecular weight excluding hydrogens is 657 g/mol. The summed E-state index contributed by atoms with van der Waals surface area (Å²) in [6, 6.07) is 10.2. The Kier molecular flexibility index (Phi) is 8.71. The minimum absolute atomic E-state index is 0.0148. The van der Waals surface area contributed by atoms with Gasteiger partial charge in [0, 0.05) is 23.6 Å². The molecule has 1 N–H and O–H groups in total. The number of fused-ring (bicyclic) bond motifs is 4. The third-order valence-corrected chi connectivity index (χ3v) is 19.8. The van der Waals surface area contributed by atoms with Crippen molar-refractivity contribution >= 4 is 50.8 Å². The molecule has 2 aromatic heterocycles. The highest BCUT2D eigenvalue weighted by Gasteiger charge is 2.47. The Morgan fingerprint density at radius 3 is 2.29 bits per heavy atom. The van der Waals surface area contributed by atoms with E-state index in [4.69, 9.17) is 13.6 Å². The van der Waals surface area contributed by atoms with Crippen LogP contribution in [0.1, 0.15) is 70.1 Å². The zero-order valence-corrected chi connectivity index (χ0v) is 32.0. The average Bonchev–Trinajstić information content (AvgIpc) is 3.69. The van der Waals surface area contributed by atoms with Crippen molar-refractivity contribution in [3.05, 3.63) is 70.3 Å². The molecule has 12 nitrogen and oxygen atoms in total. The molecule has 0 unspecified atom stereocenters. The number of nitrogens with zero attached hydrogens (tertiary/aromatic N) is 5. The van der Waals surface area contributed by atoms with Gasteiger partial charge in [-0.1, -0.05) is 65.8 Å². The molecule has 49 heavy (non-hydrogen) atoms. The number of hydrogen-bond donors (Lipinski definition) is 1. The predicted molar refractivity (Wildman–Crippen MR) is 194 cm³/mol. The third-order valence-electron chi connectivity index (χ3n) is 10.8. The number of nitro benzene ring substituents is 1. The van der Waals surface area contributed by atoms with Crippen molar-refractivity contribution < 1.29 is 23.3 Å². The van der Waals surface area contributed by atoms with Crippen LogP contribution in [0.25, 0.3) is 22.3 Å². The van der Waals surface area contributed by atoms with Gasteiger partial charge in [0.1, 0.15) is 24.3 Å². The van der Waals surface area contributed by atoms with Crippen molar-refractivity contribution in [3.63, 3.8) is 0 Å². The van der Waals surface area contributed by atoms with Crippen molar-refractivity contribution in [1.29, 1.82) is 0 Å². The molecule has 4 aromatic rings. The van der Waals surface area contributed by atoms with Crippen LogP contribution in [0, 0.1) is 10.1 Å². The van der Waals surface area contributed by atoms with Crippen LogP contribution in [0.3, 0.4) is 0 Å². The van der Waals surface area contributed by atoms with E-state index >= 15 is 0 Å². The standard InChI is InChI=1S/C35H46N6O6Si2/c1-34(2,3)48(7,8)45-18-28-27(47-49(9,10)35(4,5)6)17-29(46-28)40-20-38-30-32(36-19-37-33(30)40)39-25-15-23-21-13-11-12-14-22(21)31(42)24(23)16-26(25)41(43)44/h11-16,19-20,27-29H,17-18H2,1-10H3,(H,36,37,39)/t27-,28+,29+/m0/s1. The highest BCUT2D eigenvalue weighted by Crippen LogP contribution is 2.45. The molecule has 1 fully saturated rings. The molecule has 1 saturated heterocycles. The molecule has 0 spiro atoms. The summed E-state index contributed by atoms with van der Waals surface area (Å²) in [5.74, 6) is 0.0677. The first-order chi connectivity index (χ1) is 22.8. The largest absolute Gasteiger partial charge is 0.414 e. The van der Waals surface area contributed by atoms with Gasteiger partial charge in [0.2, 0.25) is 0 Å². The second-order valence-electron chi connectivity index (χ2n) is 16.1. The fourth-order valence-electron chi connectivity index (χ4n) is 5.80. The van der Waals surface area contributed by atoms with Crippen LogP contribution in [-0.4, -0.2) is 65.7 Å². The van der Waals surface area contributed by atoms with E-state index in [0.717, 1.165) is 5.56 Å². The van der Waals surface area contributed by atoms with Crippen LogP contribution in [0.2, 0.25) is 36.3 Å². The van der Waals surface area contributed by atoms with Gasteiger partial charge in [0.15, 0.2) is 39.4 Å². The van der Waals surface area contributed by atoms with Gasteiger partial charge < -0.3 is 18.9 Å². The zero-order valence-electron chi connectivity index (χ0n) is 30.0. The normalized spacial score (nSPS) is 19.7.